The molecule has 0 aromatic heterocycles. The lowest BCUT2D eigenvalue weighted by atomic mass is 10.1. The van der Waals surface area contributed by atoms with E-state index >= 15 is 0 Å². The molecule has 32 heavy (non-hydrogen) atoms. The molecule has 1 aliphatic rings. The van der Waals surface area contributed by atoms with E-state index in [0.717, 1.165) is 38.1 Å². The number of ether oxygens (including phenoxy) is 1. The number of benzene rings is 2. The molecule has 0 bridgehead atoms. The van der Waals surface area contributed by atoms with Crippen molar-refractivity contribution in [2.24, 2.45) is 5.92 Å². The van der Waals surface area contributed by atoms with Crippen LogP contribution in [0.15, 0.2) is 42.5 Å². The van der Waals surface area contributed by atoms with Gasteiger partial charge in [-0.1, -0.05) is 26.7 Å². The monoisotopic (exact) mass is 441 g/mol. The molecule has 1 fully saturated rings. The first-order valence-electron chi connectivity index (χ1n) is 11.6. The zero-order valence-corrected chi connectivity index (χ0v) is 20.0. The molecule has 1 unspecified atom stereocenters. The van der Waals surface area contributed by atoms with Crippen molar-refractivity contribution in [1.82, 2.24) is 4.90 Å². The van der Waals surface area contributed by atoms with Gasteiger partial charge in [0.05, 0.1) is 12.3 Å². The summed E-state index contributed by atoms with van der Waals surface area (Å²) in [5.74, 6) is 0.812. The molecule has 1 aliphatic heterocycles. The van der Waals surface area contributed by atoms with Gasteiger partial charge in [0.25, 0.3) is 5.91 Å². The first-order valence-corrected chi connectivity index (χ1v) is 11.6. The number of halogens is 1. The van der Waals surface area contributed by atoms with Crippen LogP contribution in [0.25, 0.3) is 0 Å². The van der Waals surface area contributed by atoms with Crippen LogP contribution in [0.1, 0.15) is 43.5 Å². The van der Waals surface area contributed by atoms with Gasteiger partial charge in [0.1, 0.15) is 11.6 Å². The Bertz CT molecular complexity index is 896. The van der Waals surface area contributed by atoms with Crippen molar-refractivity contribution in [2.45, 2.75) is 39.2 Å². The van der Waals surface area contributed by atoms with Crippen LogP contribution in [-0.2, 0) is 0 Å². The second-order valence-electron chi connectivity index (χ2n) is 8.87. The minimum atomic E-state index is -0.299. The number of hydrogen-bond acceptors (Lipinski definition) is 4. The normalized spacial score (nSPS) is 16.1. The van der Waals surface area contributed by atoms with Gasteiger partial charge in [-0.15, -0.1) is 0 Å². The third kappa shape index (κ3) is 5.60. The molecule has 0 N–H and O–H groups in total. The molecular weight excluding hydrogens is 405 g/mol. The summed E-state index contributed by atoms with van der Waals surface area (Å²) in [6.07, 6.45) is 3.19. The van der Waals surface area contributed by atoms with Crippen LogP contribution in [0, 0.1) is 11.7 Å². The lowest BCUT2D eigenvalue weighted by molar-refractivity contribution is 0.0993. The van der Waals surface area contributed by atoms with Crippen LogP contribution in [0.4, 0.5) is 15.8 Å². The Morgan fingerprint density at radius 2 is 1.81 bits per heavy atom. The summed E-state index contributed by atoms with van der Waals surface area (Å²) >= 11 is 0. The molecule has 3 rings (SSSR count). The van der Waals surface area contributed by atoms with Crippen LogP contribution < -0.4 is 14.5 Å². The SMILES string of the molecule is CCC(CC)COc1ccc(C(=O)N(C)c2ccc(N3CCC(N(C)C)C3)c(F)c2)cc1. The quantitative estimate of drug-likeness (QED) is 0.545. The van der Waals surface area contributed by atoms with Crippen molar-refractivity contribution < 1.29 is 13.9 Å². The van der Waals surface area contributed by atoms with Gasteiger partial charge in [-0.25, -0.2) is 4.39 Å². The fraction of sp³-hybridized carbons (Fsp3) is 0.500. The number of nitrogens with zero attached hydrogens (tertiary/aromatic N) is 3. The van der Waals surface area contributed by atoms with Crippen molar-refractivity contribution in [2.75, 3.05) is 50.6 Å². The summed E-state index contributed by atoms with van der Waals surface area (Å²) in [7, 11) is 5.78. The van der Waals surface area contributed by atoms with Gasteiger partial charge in [-0.3, -0.25) is 4.79 Å². The predicted molar refractivity (Wildman–Crippen MR) is 129 cm³/mol. The molecular formula is C26H36FN3O2. The molecule has 174 valence electrons. The van der Waals surface area contributed by atoms with E-state index in [2.05, 4.69) is 37.7 Å². The largest absolute Gasteiger partial charge is 0.493 e. The Hall–Kier alpha value is -2.60. The van der Waals surface area contributed by atoms with E-state index in [9.17, 15) is 9.18 Å². The summed E-state index contributed by atoms with van der Waals surface area (Å²) < 4.78 is 20.8. The van der Waals surface area contributed by atoms with Crippen molar-refractivity contribution in [1.29, 1.82) is 0 Å². The maximum atomic E-state index is 14.9. The highest BCUT2D eigenvalue weighted by Crippen LogP contribution is 2.29. The van der Waals surface area contributed by atoms with Gasteiger partial charge in [-0.2, -0.15) is 0 Å². The van der Waals surface area contributed by atoms with Gasteiger partial charge in [0.2, 0.25) is 0 Å². The lowest BCUT2D eigenvalue weighted by Crippen LogP contribution is -2.31. The number of carbonyl (C=O) groups is 1. The predicted octanol–water partition coefficient (Wildman–Crippen LogP) is 5.06. The molecule has 0 aliphatic carbocycles. The second-order valence-corrected chi connectivity index (χ2v) is 8.87. The Balaban J connectivity index is 1.65. The fourth-order valence-electron chi connectivity index (χ4n) is 4.09. The van der Waals surface area contributed by atoms with Crippen LogP contribution in [-0.4, -0.2) is 57.7 Å². The van der Waals surface area contributed by atoms with E-state index in [4.69, 9.17) is 4.74 Å². The molecule has 2 aromatic carbocycles. The highest BCUT2D eigenvalue weighted by atomic mass is 19.1. The third-order valence-corrected chi connectivity index (χ3v) is 6.60. The fourth-order valence-corrected chi connectivity index (χ4v) is 4.09. The van der Waals surface area contributed by atoms with E-state index in [1.807, 2.05) is 18.2 Å². The Morgan fingerprint density at radius 1 is 1.12 bits per heavy atom. The van der Waals surface area contributed by atoms with Crippen LogP contribution in [0.5, 0.6) is 5.75 Å². The maximum absolute atomic E-state index is 14.9. The smallest absolute Gasteiger partial charge is 0.258 e. The van der Waals surface area contributed by atoms with Gasteiger partial charge in [-0.05, 0) is 68.9 Å². The molecule has 1 saturated heterocycles. The first kappa shape index (κ1) is 24.1. The maximum Gasteiger partial charge on any atom is 0.258 e. The van der Waals surface area contributed by atoms with Crippen LogP contribution in [0.2, 0.25) is 0 Å². The lowest BCUT2D eigenvalue weighted by Gasteiger charge is -2.24. The summed E-state index contributed by atoms with van der Waals surface area (Å²) in [5.41, 5.74) is 1.67. The van der Waals surface area contributed by atoms with E-state index in [0.29, 0.717) is 35.5 Å². The number of likely N-dealkylation sites (N-methyl/N-ethyl adjacent to an activating group) is 1. The number of rotatable bonds is 9. The molecule has 1 atom stereocenters. The number of amides is 1. The minimum Gasteiger partial charge on any atom is -0.493 e. The van der Waals surface area contributed by atoms with E-state index < -0.39 is 0 Å². The van der Waals surface area contributed by atoms with Gasteiger partial charge in [0.15, 0.2) is 0 Å². The third-order valence-electron chi connectivity index (χ3n) is 6.60. The highest BCUT2D eigenvalue weighted by molar-refractivity contribution is 6.05. The molecule has 0 spiro atoms. The molecule has 5 nitrogen and oxygen atoms in total. The molecule has 1 amide bonds. The zero-order valence-electron chi connectivity index (χ0n) is 20.0. The van der Waals surface area contributed by atoms with Gasteiger partial charge < -0.3 is 19.4 Å². The first-order chi connectivity index (χ1) is 15.3. The second kappa shape index (κ2) is 10.8. The van der Waals surface area contributed by atoms with Crippen molar-refractivity contribution in [3.8, 4) is 5.75 Å². The molecule has 0 radical (unpaired) electrons. The average Bonchev–Trinajstić information content (AvgIpc) is 3.29. The van der Waals surface area contributed by atoms with E-state index in [1.165, 1.54) is 11.0 Å². The molecule has 6 heteroatoms. The minimum absolute atomic E-state index is 0.183. The Labute approximate surface area is 191 Å². The van der Waals surface area contributed by atoms with E-state index in [-0.39, 0.29) is 11.7 Å². The molecule has 0 saturated carbocycles. The highest BCUT2D eigenvalue weighted by Gasteiger charge is 2.26. The van der Waals surface area contributed by atoms with E-state index in [1.54, 1.807) is 25.2 Å². The van der Waals surface area contributed by atoms with Crippen LogP contribution >= 0.6 is 0 Å². The van der Waals surface area contributed by atoms with Crippen LogP contribution in [0.3, 0.4) is 0 Å². The Kier molecular flexibility index (Phi) is 8.13. The van der Waals surface area contributed by atoms with Gasteiger partial charge in [0, 0.05) is 37.4 Å². The average molecular weight is 442 g/mol. The molecule has 2 aromatic rings. The summed E-state index contributed by atoms with van der Waals surface area (Å²) in [6, 6.07) is 12.6. The van der Waals surface area contributed by atoms with Gasteiger partial charge >= 0.3 is 0 Å². The standard InChI is InChI=1S/C26H36FN3O2/c1-6-19(7-2)18-32-23-11-8-20(9-12-23)26(31)29(5)21-10-13-25(24(27)16-21)30-15-14-22(17-30)28(3)4/h8-13,16,19,22H,6-7,14-15,17-18H2,1-5H3. The number of anilines is 2. The topological polar surface area (TPSA) is 36.0 Å². The summed E-state index contributed by atoms with van der Waals surface area (Å²) in [6.45, 7) is 6.65. The Morgan fingerprint density at radius 3 is 2.38 bits per heavy atom. The zero-order chi connectivity index (χ0) is 23.3. The molecule has 1 heterocycles. The summed E-state index contributed by atoms with van der Waals surface area (Å²) in [5, 5.41) is 0. The summed E-state index contributed by atoms with van der Waals surface area (Å²) in [4.78, 5) is 18.7. The number of carbonyl (C=O) groups excluding carboxylic acids is 1. The van der Waals surface area contributed by atoms with Crippen molar-refractivity contribution in [3.63, 3.8) is 0 Å². The van der Waals surface area contributed by atoms with Crippen molar-refractivity contribution >= 4 is 17.3 Å². The number of hydrogen-bond donors (Lipinski definition) is 0. The van der Waals surface area contributed by atoms with Crippen molar-refractivity contribution in [3.05, 3.63) is 53.8 Å².